The molecule has 0 bridgehead atoms. The average molecular weight is 203 g/mol. The van der Waals surface area contributed by atoms with Crippen LogP contribution in [0.15, 0.2) is 0 Å². The van der Waals surface area contributed by atoms with Crippen molar-refractivity contribution >= 4 is 0 Å². The molecule has 3 nitrogen and oxygen atoms in total. The van der Waals surface area contributed by atoms with Crippen LogP contribution in [0.1, 0.15) is 20.3 Å². The summed E-state index contributed by atoms with van der Waals surface area (Å²) in [5.41, 5.74) is 0. The molecule has 0 radical (unpaired) electrons. The average Bonchev–Trinajstić information content (AvgIpc) is 2.00. The molecule has 2 N–H and O–H groups in total. The van der Waals surface area contributed by atoms with Crippen molar-refractivity contribution in [2.45, 2.75) is 26.4 Å². The number of hydrogen-bond acceptors (Lipinski definition) is 2. The smallest absolute Gasteiger partial charge is 0.115 e. The van der Waals surface area contributed by atoms with E-state index in [1.165, 1.54) is 6.42 Å². The second-order valence-corrected chi connectivity index (χ2v) is 5.30. The number of quaternary nitrogens is 1. The van der Waals surface area contributed by atoms with Gasteiger partial charge in [0.2, 0.25) is 0 Å². The van der Waals surface area contributed by atoms with Gasteiger partial charge in [-0.2, -0.15) is 0 Å². The minimum Gasteiger partial charge on any atom is -0.386 e. The van der Waals surface area contributed by atoms with E-state index in [2.05, 4.69) is 40.3 Å². The first kappa shape index (κ1) is 13.9. The lowest BCUT2D eigenvalue weighted by Gasteiger charge is -2.27. The highest BCUT2D eigenvalue weighted by molar-refractivity contribution is 4.60. The van der Waals surface area contributed by atoms with Crippen LogP contribution >= 0.6 is 0 Å². The number of rotatable bonds is 7. The Morgan fingerprint density at radius 3 is 2.21 bits per heavy atom. The zero-order valence-electron chi connectivity index (χ0n) is 10.4. The maximum absolute atomic E-state index is 9.69. The quantitative estimate of drug-likeness (QED) is 0.597. The topological polar surface area (TPSA) is 32.3 Å². The van der Waals surface area contributed by atoms with Gasteiger partial charge in [-0.05, 0) is 12.5 Å². The predicted molar refractivity (Wildman–Crippen MR) is 61.2 cm³/mol. The monoisotopic (exact) mass is 203 g/mol. The molecule has 0 saturated carbocycles. The van der Waals surface area contributed by atoms with Crippen molar-refractivity contribution < 1.29 is 9.59 Å². The molecule has 0 aliphatic rings. The third-order valence-corrected chi connectivity index (χ3v) is 2.33. The molecule has 0 aliphatic carbocycles. The summed E-state index contributed by atoms with van der Waals surface area (Å²) in [6.07, 6.45) is 0.956. The zero-order valence-corrected chi connectivity index (χ0v) is 10.4. The zero-order chi connectivity index (χ0) is 11.2. The molecule has 0 aromatic heterocycles. The van der Waals surface area contributed by atoms with Crippen LogP contribution in [0.25, 0.3) is 0 Å². The predicted octanol–water partition coefficient (Wildman–Crippen LogP) is 0.689. The Kier molecular flexibility index (Phi) is 6.33. The molecule has 0 aromatic carbocycles. The molecule has 0 saturated heterocycles. The molecule has 2 atom stereocenters. The third kappa shape index (κ3) is 8.48. The van der Waals surface area contributed by atoms with Crippen LogP contribution in [-0.4, -0.2) is 56.5 Å². The summed E-state index contributed by atoms with van der Waals surface area (Å²) >= 11 is 0. The summed E-state index contributed by atoms with van der Waals surface area (Å²) in [4.78, 5) is 0. The molecule has 14 heavy (non-hydrogen) atoms. The van der Waals surface area contributed by atoms with E-state index < -0.39 is 0 Å². The van der Waals surface area contributed by atoms with Crippen molar-refractivity contribution in [3.05, 3.63) is 0 Å². The Bertz CT molecular complexity index is 143. The number of aliphatic hydroxyl groups excluding tert-OH is 1. The summed E-state index contributed by atoms with van der Waals surface area (Å²) in [6, 6.07) is 0. The van der Waals surface area contributed by atoms with Crippen LogP contribution in [0.5, 0.6) is 0 Å². The summed E-state index contributed by atoms with van der Waals surface area (Å²) in [5.74, 6) is 0.700. The Balaban J connectivity index is 3.50. The van der Waals surface area contributed by atoms with Gasteiger partial charge in [-0.1, -0.05) is 20.3 Å². The summed E-state index contributed by atoms with van der Waals surface area (Å²) in [6.45, 7) is 6.92. The lowest BCUT2D eigenvalue weighted by atomic mass is 10.1. The molecule has 0 amide bonds. The van der Waals surface area contributed by atoms with Gasteiger partial charge in [0.15, 0.2) is 0 Å². The van der Waals surface area contributed by atoms with Crippen molar-refractivity contribution in [3.8, 4) is 0 Å². The first-order valence-corrected chi connectivity index (χ1v) is 5.54. The molecule has 0 aromatic rings. The van der Waals surface area contributed by atoms with Gasteiger partial charge < -0.3 is 14.9 Å². The van der Waals surface area contributed by atoms with Gasteiger partial charge >= 0.3 is 0 Å². The number of nitrogens with zero attached hydrogens (tertiary/aromatic N) is 1. The molecule has 0 fully saturated rings. The van der Waals surface area contributed by atoms with Crippen LogP contribution in [0.2, 0.25) is 0 Å². The molecule has 0 aliphatic heterocycles. The van der Waals surface area contributed by atoms with E-state index in [-0.39, 0.29) is 6.10 Å². The van der Waals surface area contributed by atoms with Crippen LogP contribution in [0, 0.1) is 5.92 Å². The standard InChI is InChI=1S/C11H27N2O/c1-6-10(2)7-12-8-11(14)9-13(3,4)5/h10-12,14H,6-9H2,1-5H3/q+1. The second kappa shape index (κ2) is 6.38. The maximum Gasteiger partial charge on any atom is 0.115 e. The van der Waals surface area contributed by atoms with E-state index in [1.54, 1.807) is 0 Å². The van der Waals surface area contributed by atoms with Gasteiger partial charge in [0.05, 0.1) is 21.1 Å². The largest absolute Gasteiger partial charge is 0.386 e. The fourth-order valence-electron chi connectivity index (χ4n) is 1.34. The van der Waals surface area contributed by atoms with E-state index in [1.807, 2.05) is 0 Å². The molecule has 0 rings (SSSR count). The highest BCUT2D eigenvalue weighted by Crippen LogP contribution is 1.98. The molecule has 2 unspecified atom stereocenters. The second-order valence-electron chi connectivity index (χ2n) is 5.30. The molecule has 86 valence electrons. The van der Waals surface area contributed by atoms with Crippen molar-refractivity contribution in [2.24, 2.45) is 5.92 Å². The van der Waals surface area contributed by atoms with Crippen LogP contribution < -0.4 is 5.32 Å². The summed E-state index contributed by atoms with van der Waals surface area (Å²) in [7, 11) is 6.29. The van der Waals surface area contributed by atoms with Gasteiger partial charge in [0.1, 0.15) is 12.6 Å². The maximum atomic E-state index is 9.69. The van der Waals surface area contributed by atoms with E-state index in [9.17, 15) is 5.11 Å². The highest BCUT2D eigenvalue weighted by atomic mass is 16.3. The lowest BCUT2D eigenvalue weighted by molar-refractivity contribution is -0.873. The van der Waals surface area contributed by atoms with E-state index in [0.717, 1.165) is 17.6 Å². The number of hydrogen-bond donors (Lipinski definition) is 2. The highest BCUT2D eigenvalue weighted by Gasteiger charge is 2.14. The van der Waals surface area contributed by atoms with Crippen LogP contribution in [-0.2, 0) is 0 Å². The Hall–Kier alpha value is -0.120. The first-order chi connectivity index (χ1) is 6.35. The fourth-order valence-corrected chi connectivity index (χ4v) is 1.34. The van der Waals surface area contributed by atoms with Gasteiger partial charge in [-0.3, -0.25) is 0 Å². The summed E-state index contributed by atoms with van der Waals surface area (Å²) < 4.78 is 0.812. The Labute approximate surface area is 88.7 Å². The van der Waals surface area contributed by atoms with Crippen LogP contribution in [0.3, 0.4) is 0 Å². The first-order valence-electron chi connectivity index (χ1n) is 5.54. The Morgan fingerprint density at radius 1 is 1.21 bits per heavy atom. The normalized spacial score (nSPS) is 16.7. The van der Waals surface area contributed by atoms with Crippen molar-refractivity contribution in [1.29, 1.82) is 0 Å². The van der Waals surface area contributed by atoms with E-state index in [0.29, 0.717) is 12.5 Å². The number of nitrogens with one attached hydrogen (secondary N) is 1. The van der Waals surface area contributed by atoms with Crippen LogP contribution in [0.4, 0.5) is 0 Å². The molecule has 0 heterocycles. The summed E-state index contributed by atoms with van der Waals surface area (Å²) in [5, 5.41) is 13.0. The van der Waals surface area contributed by atoms with Gasteiger partial charge in [-0.25, -0.2) is 0 Å². The van der Waals surface area contributed by atoms with Gasteiger partial charge in [0, 0.05) is 6.54 Å². The molecule has 3 heteroatoms. The minimum atomic E-state index is -0.237. The molecule has 0 spiro atoms. The van der Waals surface area contributed by atoms with Gasteiger partial charge in [-0.15, -0.1) is 0 Å². The minimum absolute atomic E-state index is 0.237. The molecular weight excluding hydrogens is 176 g/mol. The van der Waals surface area contributed by atoms with Crippen molar-refractivity contribution in [1.82, 2.24) is 5.32 Å². The SMILES string of the molecule is CCC(C)CNCC(O)C[N+](C)(C)C. The van der Waals surface area contributed by atoms with E-state index in [4.69, 9.17) is 0 Å². The lowest BCUT2D eigenvalue weighted by Crippen LogP contribution is -2.45. The Morgan fingerprint density at radius 2 is 1.79 bits per heavy atom. The van der Waals surface area contributed by atoms with Crippen molar-refractivity contribution in [2.75, 3.05) is 40.8 Å². The molecular formula is C11H27N2O+. The third-order valence-electron chi connectivity index (χ3n) is 2.33. The van der Waals surface area contributed by atoms with Crippen molar-refractivity contribution in [3.63, 3.8) is 0 Å². The number of aliphatic hydroxyl groups is 1. The fraction of sp³-hybridized carbons (Fsp3) is 1.00. The van der Waals surface area contributed by atoms with E-state index >= 15 is 0 Å². The van der Waals surface area contributed by atoms with Gasteiger partial charge in [0.25, 0.3) is 0 Å². The number of likely N-dealkylation sites (N-methyl/N-ethyl adjacent to an activating group) is 1.